The van der Waals surface area contributed by atoms with Crippen molar-refractivity contribution in [1.29, 1.82) is 0 Å². The predicted molar refractivity (Wildman–Crippen MR) is 121 cm³/mol. The molecule has 1 aliphatic rings. The number of rotatable bonds is 7. The number of nitrogens with zero attached hydrogens (tertiary/aromatic N) is 1. The van der Waals surface area contributed by atoms with Gasteiger partial charge in [0.2, 0.25) is 5.91 Å². The van der Waals surface area contributed by atoms with Gasteiger partial charge in [-0.2, -0.15) is 0 Å². The van der Waals surface area contributed by atoms with Crippen LogP contribution in [0, 0.1) is 0 Å². The minimum Gasteiger partial charge on any atom is -0.493 e. The number of nitrogens with one attached hydrogen (secondary N) is 1. The summed E-state index contributed by atoms with van der Waals surface area (Å²) in [6, 6.07) is 12.1. The molecule has 160 valence electrons. The molecule has 0 fully saturated rings. The minimum absolute atomic E-state index is 0. The molecule has 1 amide bonds. The molecule has 3 N–H and O–H groups in total. The molecular formula is C21H29Cl2N3O3. The molecule has 0 saturated heterocycles. The van der Waals surface area contributed by atoms with E-state index in [1.54, 1.807) is 14.2 Å². The topological polar surface area (TPSA) is 76.8 Å². The fourth-order valence-corrected chi connectivity index (χ4v) is 3.44. The molecule has 0 aromatic heterocycles. The molecule has 1 heterocycles. The van der Waals surface area contributed by atoms with E-state index in [1.807, 2.05) is 18.2 Å². The number of anilines is 1. The lowest BCUT2D eigenvalue weighted by molar-refractivity contribution is -0.116. The van der Waals surface area contributed by atoms with E-state index in [1.165, 1.54) is 11.1 Å². The zero-order valence-electron chi connectivity index (χ0n) is 16.8. The molecule has 0 radical (unpaired) electrons. The number of carbonyl (C=O) groups is 1. The molecular weight excluding hydrogens is 413 g/mol. The molecule has 2 aromatic rings. The molecule has 0 unspecified atom stereocenters. The van der Waals surface area contributed by atoms with E-state index in [4.69, 9.17) is 15.2 Å². The smallest absolute Gasteiger partial charge is 0.225 e. The maximum absolute atomic E-state index is 11.9. The Morgan fingerprint density at radius 2 is 1.76 bits per heavy atom. The van der Waals surface area contributed by atoms with E-state index in [-0.39, 0.29) is 30.7 Å². The van der Waals surface area contributed by atoms with E-state index in [0.29, 0.717) is 13.0 Å². The van der Waals surface area contributed by atoms with E-state index in [2.05, 4.69) is 28.4 Å². The number of ether oxygens (including phenoxy) is 2. The van der Waals surface area contributed by atoms with Gasteiger partial charge >= 0.3 is 0 Å². The van der Waals surface area contributed by atoms with Gasteiger partial charge in [-0.1, -0.05) is 18.2 Å². The van der Waals surface area contributed by atoms with Crippen molar-refractivity contribution in [2.45, 2.75) is 25.9 Å². The molecule has 3 rings (SSSR count). The highest BCUT2D eigenvalue weighted by atomic mass is 35.5. The summed E-state index contributed by atoms with van der Waals surface area (Å²) in [5, 5.41) is 2.97. The summed E-state index contributed by atoms with van der Waals surface area (Å²) in [4.78, 5) is 14.3. The summed E-state index contributed by atoms with van der Waals surface area (Å²) in [6.45, 7) is 2.91. The molecule has 0 atom stereocenters. The Bertz CT molecular complexity index is 818. The lowest BCUT2D eigenvalue weighted by atomic mass is 9.98. The van der Waals surface area contributed by atoms with Crippen LogP contribution in [0.25, 0.3) is 0 Å². The molecule has 6 nitrogen and oxygen atoms in total. The predicted octanol–water partition coefficient (Wildman–Crippen LogP) is 3.39. The second kappa shape index (κ2) is 11.9. The maximum Gasteiger partial charge on any atom is 0.225 e. The van der Waals surface area contributed by atoms with Crippen molar-refractivity contribution in [3.05, 3.63) is 53.1 Å². The third-order valence-electron chi connectivity index (χ3n) is 4.85. The van der Waals surface area contributed by atoms with Crippen LogP contribution >= 0.6 is 24.8 Å². The lowest BCUT2D eigenvalue weighted by Gasteiger charge is -2.30. The van der Waals surface area contributed by atoms with Crippen molar-refractivity contribution in [1.82, 2.24) is 4.90 Å². The summed E-state index contributed by atoms with van der Waals surface area (Å²) in [7, 11) is 3.32. The Hall–Kier alpha value is -1.99. The summed E-state index contributed by atoms with van der Waals surface area (Å²) >= 11 is 0. The standard InChI is InChI=1S/C21H27N3O3.2ClH/c1-26-19-11-15-8-10-24(14-17(15)12-20(19)27-2)13-16-5-3-4-6-18(16)23-21(25)7-9-22;;/h3-6,11-12H,7-10,13-14,22H2,1-2H3,(H,23,25);2*1H. The second-order valence-corrected chi connectivity index (χ2v) is 6.68. The van der Waals surface area contributed by atoms with Crippen LogP contribution in [0.1, 0.15) is 23.1 Å². The number of halogens is 2. The number of para-hydroxylation sites is 1. The number of nitrogens with two attached hydrogens (primary N) is 1. The number of amides is 1. The van der Waals surface area contributed by atoms with E-state index in [0.717, 1.165) is 48.8 Å². The number of hydrogen-bond donors (Lipinski definition) is 2. The van der Waals surface area contributed by atoms with Crippen molar-refractivity contribution >= 4 is 36.4 Å². The zero-order valence-corrected chi connectivity index (χ0v) is 18.4. The monoisotopic (exact) mass is 441 g/mol. The van der Waals surface area contributed by atoms with Gasteiger partial charge in [0.05, 0.1) is 14.2 Å². The van der Waals surface area contributed by atoms with Crippen LogP contribution in [-0.2, 0) is 24.3 Å². The van der Waals surface area contributed by atoms with Crippen LogP contribution in [0.4, 0.5) is 5.69 Å². The highest BCUT2D eigenvalue weighted by Gasteiger charge is 2.20. The van der Waals surface area contributed by atoms with Gasteiger partial charge in [0, 0.05) is 38.3 Å². The Labute approximate surface area is 184 Å². The van der Waals surface area contributed by atoms with E-state index in [9.17, 15) is 4.79 Å². The van der Waals surface area contributed by atoms with E-state index < -0.39 is 0 Å². The van der Waals surface area contributed by atoms with Crippen LogP contribution in [0.15, 0.2) is 36.4 Å². The number of hydrogen-bond acceptors (Lipinski definition) is 5. The highest BCUT2D eigenvalue weighted by molar-refractivity contribution is 5.91. The Balaban J connectivity index is 0.00000210. The number of benzene rings is 2. The van der Waals surface area contributed by atoms with Gasteiger partial charge in [-0.05, 0) is 41.3 Å². The number of methoxy groups -OCH3 is 2. The molecule has 8 heteroatoms. The molecule has 0 aliphatic carbocycles. The summed E-state index contributed by atoms with van der Waals surface area (Å²) in [5.74, 6) is 1.48. The molecule has 2 aromatic carbocycles. The van der Waals surface area contributed by atoms with Crippen LogP contribution in [-0.4, -0.2) is 38.1 Å². The Morgan fingerprint density at radius 1 is 1.10 bits per heavy atom. The van der Waals surface area contributed by atoms with Crippen molar-refractivity contribution in [3.63, 3.8) is 0 Å². The van der Waals surface area contributed by atoms with Gasteiger partial charge in [0.15, 0.2) is 11.5 Å². The summed E-state index contributed by atoms with van der Waals surface area (Å²) in [5.41, 5.74) is 9.98. The first-order valence-electron chi connectivity index (χ1n) is 9.18. The first kappa shape index (κ1) is 25.0. The minimum atomic E-state index is -0.0502. The Morgan fingerprint density at radius 3 is 2.41 bits per heavy atom. The molecule has 0 bridgehead atoms. The molecule has 0 saturated carbocycles. The first-order chi connectivity index (χ1) is 13.1. The lowest BCUT2D eigenvalue weighted by Crippen LogP contribution is -2.30. The normalized spacial score (nSPS) is 12.8. The van der Waals surface area contributed by atoms with E-state index >= 15 is 0 Å². The van der Waals surface area contributed by atoms with Crippen molar-refractivity contribution in [2.75, 3.05) is 32.6 Å². The summed E-state index contributed by atoms with van der Waals surface area (Å²) < 4.78 is 10.9. The van der Waals surface area contributed by atoms with Crippen molar-refractivity contribution in [3.8, 4) is 11.5 Å². The fourth-order valence-electron chi connectivity index (χ4n) is 3.44. The van der Waals surface area contributed by atoms with Gasteiger partial charge in [-0.15, -0.1) is 24.8 Å². The van der Waals surface area contributed by atoms with Gasteiger partial charge in [0.25, 0.3) is 0 Å². The fraction of sp³-hybridized carbons (Fsp3) is 0.381. The molecule has 1 aliphatic heterocycles. The van der Waals surface area contributed by atoms with Crippen LogP contribution < -0.4 is 20.5 Å². The quantitative estimate of drug-likeness (QED) is 0.688. The van der Waals surface area contributed by atoms with Crippen molar-refractivity contribution in [2.24, 2.45) is 5.73 Å². The molecule has 29 heavy (non-hydrogen) atoms. The van der Waals surface area contributed by atoms with Gasteiger partial charge in [-0.3, -0.25) is 9.69 Å². The van der Waals surface area contributed by atoms with Gasteiger partial charge in [-0.25, -0.2) is 0 Å². The largest absolute Gasteiger partial charge is 0.493 e. The SMILES string of the molecule is COc1cc2c(cc1OC)CN(Cc1ccccc1NC(=O)CCN)CC2.Cl.Cl. The summed E-state index contributed by atoms with van der Waals surface area (Å²) in [6.07, 6.45) is 1.28. The third-order valence-corrected chi connectivity index (χ3v) is 4.85. The maximum atomic E-state index is 11.9. The number of carbonyl (C=O) groups excluding carboxylic acids is 1. The van der Waals surface area contributed by atoms with Gasteiger partial charge in [0.1, 0.15) is 0 Å². The average Bonchev–Trinajstić information content (AvgIpc) is 2.68. The van der Waals surface area contributed by atoms with Crippen LogP contribution in [0.5, 0.6) is 11.5 Å². The third kappa shape index (κ3) is 6.24. The highest BCUT2D eigenvalue weighted by Crippen LogP contribution is 2.33. The van der Waals surface area contributed by atoms with Crippen molar-refractivity contribution < 1.29 is 14.3 Å². The van der Waals surface area contributed by atoms with Crippen LogP contribution in [0.3, 0.4) is 0 Å². The average molecular weight is 442 g/mol. The van der Waals surface area contributed by atoms with Crippen LogP contribution in [0.2, 0.25) is 0 Å². The van der Waals surface area contributed by atoms with Gasteiger partial charge < -0.3 is 20.5 Å². The Kier molecular flexibility index (Phi) is 10.3. The number of fused-ring (bicyclic) bond motifs is 1. The first-order valence-corrected chi connectivity index (χ1v) is 9.18. The zero-order chi connectivity index (χ0) is 19.2. The second-order valence-electron chi connectivity index (χ2n) is 6.68. The molecule has 0 spiro atoms.